The Balaban J connectivity index is 1.59. The van der Waals surface area contributed by atoms with Crippen LogP contribution in [0.5, 0.6) is 0 Å². The molecule has 1 saturated heterocycles. The molecule has 2 aromatic rings. The van der Waals surface area contributed by atoms with Crippen LogP contribution in [0.2, 0.25) is 0 Å². The first-order valence-corrected chi connectivity index (χ1v) is 11.6. The van der Waals surface area contributed by atoms with Gasteiger partial charge in [-0.05, 0) is 74.5 Å². The second-order valence-electron chi connectivity index (χ2n) is 9.06. The molecule has 0 saturated carbocycles. The molecule has 1 aliphatic heterocycles. The van der Waals surface area contributed by atoms with Crippen LogP contribution in [0.25, 0.3) is 11.3 Å². The molecule has 3 nitrogen and oxygen atoms in total. The van der Waals surface area contributed by atoms with Crippen LogP contribution in [0.15, 0.2) is 42.9 Å². The SMILES string of the molecule is C=C(Nc1sccc1C(=C)CCCN1CCCCC1)c1ccnc(C(C)(C)C)c1. The summed E-state index contributed by atoms with van der Waals surface area (Å²) >= 11 is 1.71. The lowest BCUT2D eigenvalue weighted by Crippen LogP contribution is -2.30. The lowest BCUT2D eigenvalue weighted by Gasteiger charge is -2.26. The second-order valence-corrected chi connectivity index (χ2v) is 9.97. The number of thiophene rings is 1. The van der Waals surface area contributed by atoms with Crippen molar-refractivity contribution < 1.29 is 0 Å². The van der Waals surface area contributed by atoms with E-state index in [1.54, 1.807) is 11.3 Å². The number of nitrogens with one attached hydrogen (secondary N) is 1. The minimum absolute atomic E-state index is 0.0209. The zero-order valence-corrected chi connectivity index (χ0v) is 19.1. The fourth-order valence-corrected chi connectivity index (χ4v) is 4.62. The van der Waals surface area contributed by atoms with Gasteiger partial charge in [0.25, 0.3) is 0 Å². The van der Waals surface area contributed by atoms with Crippen molar-refractivity contribution in [2.75, 3.05) is 25.0 Å². The van der Waals surface area contributed by atoms with Crippen molar-refractivity contribution in [3.63, 3.8) is 0 Å². The van der Waals surface area contributed by atoms with E-state index in [2.05, 4.69) is 66.6 Å². The van der Waals surface area contributed by atoms with E-state index in [1.165, 1.54) is 56.5 Å². The van der Waals surface area contributed by atoms with E-state index in [4.69, 9.17) is 0 Å². The number of hydrogen-bond acceptors (Lipinski definition) is 4. The Labute approximate surface area is 180 Å². The molecule has 0 aliphatic carbocycles. The third-order valence-electron chi connectivity index (χ3n) is 5.59. The molecule has 0 radical (unpaired) electrons. The minimum Gasteiger partial charge on any atom is -0.347 e. The molecule has 0 spiro atoms. The van der Waals surface area contributed by atoms with E-state index in [0.717, 1.165) is 28.4 Å². The highest BCUT2D eigenvalue weighted by Crippen LogP contribution is 2.34. The van der Waals surface area contributed by atoms with Crippen LogP contribution in [-0.4, -0.2) is 29.5 Å². The quantitative estimate of drug-likeness (QED) is 0.519. The van der Waals surface area contributed by atoms with Crippen molar-refractivity contribution >= 4 is 27.6 Å². The number of rotatable bonds is 8. The molecule has 29 heavy (non-hydrogen) atoms. The molecule has 156 valence electrons. The van der Waals surface area contributed by atoms with E-state index in [0.29, 0.717) is 0 Å². The number of hydrogen-bond donors (Lipinski definition) is 1. The van der Waals surface area contributed by atoms with Crippen LogP contribution in [0.3, 0.4) is 0 Å². The maximum atomic E-state index is 4.52. The molecule has 3 heterocycles. The highest BCUT2D eigenvalue weighted by atomic mass is 32.1. The summed E-state index contributed by atoms with van der Waals surface area (Å²) in [5, 5.41) is 6.80. The number of anilines is 1. The predicted octanol–water partition coefficient (Wildman–Crippen LogP) is 6.80. The van der Waals surface area contributed by atoms with E-state index < -0.39 is 0 Å². The third-order valence-corrected chi connectivity index (χ3v) is 6.42. The Morgan fingerprint density at radius 3 is 2.66 bits per heavy atom. The van der Waals surface area contributed by atoms with Gasteiger partial charge in [0.05, 0.1) is 0 Å². The van der Waals surface area contributed by atoms with Crippen molar-refractivity contribution in [1.82, 2.24) is 9.88 Å². The number of piperidine rings is 1. The largest absolute Gasteiger partial charge is 0.347 e. The first kappa shape index (κ1) is 21.8. The Bertz CT molecular complexity index is 838. The number of allylic oxidation sites excluding steroid dienone is 1. The molecule has 0 amide bonds. The van der Waals surface area contributed by atoms with Crippen molar-refractivity contribution in [2.45, 2.75) is 58.3 Å². The Morgan fingerprint density at radius 1 is 1.17 bits per heavy atom. The van der Waals surface area contributed by atoms with Gasteiger partial charge in [-0.1, -0.05) is 40.3 Å². The first-order chi connectivity index (χ1) is 13.8. The third kappa shape index (κ3) is 6.03. The molecule has 3 rings (SSSR count). The minimum atomic E-state index is 0.0209. The van der Waals surface area contributed by atoms with Crippen LogP contribution in [0, 0.1) is 0 Å². The van der Waals surface area contributed by atoms with Gasteiger partial charge in [-0.25, -0.2) is 0 Å². The van der Waals surface area contributed by atoms with E-state index in [9.17, 15) is 0 Å². The number of aromatic nitrogens is 1. The Kier molecular flexibility index (Phi) is 7.31. The van der Waals surface area contributed by atoms with Crippen molar-refractivity contribution in [3.8, 4) is 0 Å². The Morgan fingerprint density at radius 2 is 1.93 bits per heavy atom. The summed E-state index contributed by atoms with van der Waals surface area (Å²) in [4.78, 5) is 7.12. The molecule has 4 heteroatoms. The van der Waals surface area contributed by atoms with Gasteiger partial charge in [-0.15, -0.1) is 11.3 Å². The smallest absolute Gasteiger partial charge is 0.100 e. The molecule has 1 fully saturated rings. The molecule has 2 aromatic heterocycles. The fourth-order valence-electron chi connectivity index (χ4n) is 3.76. The lowest BCUT2D eigenvalue weighted by molar-refractivity contribution is 0.227. The monoisotopic (exact) mass is 409 g/mol. The summed E-state index contributed by atoms with van der Waals surface area (Å²) in [7, 11) is 0. The van der Waals surface area contributed by atoms with E-state index >= 15 is 0 Å². The van der Waals surface area contributed by atoms with Crippen molar-refractivity contribution in [1.29, 1.82) is 0 Å². The van der Waals surface area contributed by atoms with E-state index in [-0.39, 0.29) is 5.41 Å². The van der Waals surface area contributed by atoms with Gasteiger partial charge in [0.2, 0.25) is 0 Å². The van der Waals surface area contributed by atoms with Gasteiger partial charge in [0.15, 0.2) is 0 Å². The fraction of sp³-hybridized carbons (Fsp3) is 0.480. The number of likely N-dealkylation sites (tertiary alicyclic amines) is 1. The average molecular weight is 410 g/mol. The highest BCUT2D eigenvalue weighted by Gasteiger charge is 2.17. The summed E-state index contributed by atoms with van der Waals surface area (Å²) in [5.74, 6) is 0. The number of nitrogens with zero attached hydrogens (tertiary/aromatic N) is 2. The lowest BCUT2D eigenvalue weighted by atomic mass is 9.90. The predicted molar refractivity (Wildman–Crippen MR) is 128 cm³/mol. The van der Waals surface area contributed by atoms with Crippen molar-refractivity contribution in [2.24, 2.45) is 0 Å². The van der Waals surface area contributed by atoms with Gasteiger partial charge in [0.1, 0.15) is 5.00 Å². The van der Waals surface area contributed by atoms with Crippen LogP contribution in [0.1, 0.15) is 69.7 Å². The van der Waals surface area contributed by atoms with Crippen LogP contribution in [0.4, 0.5) is 5.00 Å². The molecule has 1 aliphatic rings. The standard InChI is InChI=1S/C25H35N3S/c1-19(10-9-16-28-14-7-6-8-15-28)22-12-17-29-24(22)27-20(2)21-11-13-26-23(18-21)25(3,4)5/h11-13,17-18,27H,1-2,6-10,14-16H2,3-5H3. The first-order valence-electron chi connectivity index (χ1n) is 10.8. The number of pyridine rings is 1. The van der Waals surface area contributed by atoms with Gasteiger partial charge in [0, 0.05) is 34.1 Å². The summed E-state index contributed by atoms with van der Waals surface area (Å²) in [6.45, 7) is 18.9. The summed E-state index contributed by atoms with van der Waals surface area (Å²) < 4.78 is 0. The highest BCUT2D eigenvalue weighted by molar-refractivity contribution is 7.14. The molecular formula is C25H35N3S. The molecule has 1 N–H and O–H groups in total. The summed E-state index contributed by atoms with van der Waals surface area (Å²) in [5.41, 5.74) is 5.52. The van der Waals surface area contributed by atoms with Gasteiger partial charge < -0.3 is 10.2 Å². The average Bonchev–Trinajstić information content (AvgIpc) is 3.16. The normalized spacial score (nSPS) is 15.3. The zero-order chi connectivity index (χ0) is 20.9. The summed E-state index contributed by atoms with van der Waals surface area (Å²) in [6, 6.07) is 6.33. The van der Waals surface area contributed by atoms with Gasteiger partial charge >= 0.3 is 0 Å². The molecule has 0 aromatic carbocycles. The van der Waals surface area contributed by atoms with E-state index in [1.807, 2.05) is 12.3 Å². The van der Waals surface area contributed by atoms with Crippen LogP contribution < -0.4 is 5.32 Å². The topological polar surface area (TPSA) is 28.2 Å². The maximum absolute atomic E-state index is 4.52. The molecule has 0 atom stereocenters. The van der Waals surface area contributed by atoms with Gasteiger partial charge in [-0.3, -0.25) is 4.98 Å². The second kappa shape index (κ2) is 9.73. The maximum Gasteiger partial charge on any atom is 0.100 e. The Hall–Kier alpha value is -1.91. The van der Waals surface area contributed by atoms with Gasteiger partial charge in [-0.2, -0.15) is 0 Å². The van der Waals surface area contributed by atoms with Crippen molar-refractivity contribution in [3.05, 3.63) is 59.8 Å². The zero-order valence-electron chi connectivity index (χ0n) is 18.3. The molecule has 0 bridgehead atoms. The van der Waals surface area contributed by atoms with Crippen LogP contribution in [-0.2, 0) is 5.41 Å². The summed E-state index contributed by atoms with van der Waals surface area (Å²) in [6.07, 6.45) is 8.19. The van der Waals surface area contributed by atoms with Crippen LogP contribution >= 0.6 is 11.3 Å². The molecule has 0 unspecified atom stereocenters. The molecular weight excluding hydrogens is 374 g/mol.